The highest BCUT2D eigenvalue weighted by atomic mass is 19.1. The van der Waals surface area contributed by atoms with Gasteiger partial charge in [-0.25, -0.2) is 4.39 Å². The molecule has 0 spiro atoms. The molecular formula is C11H11F2N3O3. The van der Waals surface area contributed by atoms with Gasteiger partial charge in [-0.2, -0.15) is 4.39 Å². The summed E-state index contributed by atoms with van der Waals surface area (Å²) in [7, 11) is 0. The third kappa shape index (κ3) is 2.39. The molecule has 19 heavy (non-hydrogen) atoms. The van der Waals surface area contributed by atoms with Gasteiger partial charge in [-0.1, -0.05) is 0 Å². The highest BCUT2D eigenvalue weighted by Gasteiger charge is 2.40. The molecule has 1 saturated carbocycles. The first-order valence-electron chi connectivity index (χ1n) is 5.57. The van der Waals surface area contributed by atoms with E-state index in [4.69, 9.17) is 5.73 Å². The molecule has 0 saturated heterocycles. The summed E-state index contributed by atoms with van der Waals surface area (Å²) in [4.78, 5) is 21.3. The second kappa shape index (κ2) is 4.54. The monoisotopic (exact) mass is 271 g/mol. The van der Waals surface area contributed by atoms with E-state index < -0.39 is 39.4 Å². The lowest BCUT2D eigenvalue weighted by molar-refractivity contribution is -0.387. The van der Waals surface area contributed by atoms with E-state index in [2.05, 4.69) is 5.32 Å². The Balaban J connectivity index is 2.27. The number of nitrogens with zero attached hydrogens (tertiary/aromatic N) is 1. The van der Waals surface area contributed by atoms with Gasteiger partial charge in [-0.05, 0) is 19.3 Å². The molecule has 0 aliphatic heterocycles. The first-order chi connectivity index (χ1) is 8.83. The van der Waals surface area contributed by atoms with Gasteiger partial charge in [0, 0.05) is 12.1 Å². The second-order valence-electron chi connectivity index (χ2n) is 4.50. The molecule has 1 amide bonds. The van der Waals surface area contributed by atoms with Gasteiger partial charge in [-0.3, -0.25) is 14.9 Å². The number of anilines is 1. The highest BCUT2D eigenvalue weighted by molar-refractivity contribution is 5.98. The van der Waals surface area contributed by atoms with E-state index in [1.807, 2.05) is 0 Å². The zero-order valence-electron chi connectivity index (χ0n) is 9.78. The van der Waals surface area contributed by atoms with E-state index in [-0.39, 0.29) is 0 Å². The number of halogens is 2. The molecule has 0 radical (unpaired) electrons. The molecule has 1 aliphatic rings. The smallest absolute Gasteiger partial charge is 0.307 e. The maximum absolute atomic E-state index is 13.4. The number of amides is 1. The average molecular weight is 271 g/mol. The van der Waals surface area contributed by atoms with Gasteiger partial charge in [0.15, 0.2) is 0 Å². The molecule has 0 unspecified atom stereocenters. The van der Waals surface area contributed by atoms with Crippen LogP contribution in [0.25, 0.3) is 0 Å². The summed E-state index contributed by atoms with van der Waals surface area (Å²) in [6, 6.07) is 1.00. The number of nitrogens with two attached hydrogens (primary N) is 1. The van der Waals surface area contributed by atoms with Gasteiger partial charge in [0.1, 0.15) is 5.82 Å². The standard InChI is InChI=1S/C11H11F2N3O3/c12-6-4-7(13)9(16(18)19)5-8(6)15-10(17)11(14)2-1-3-11/h4-5H,1-3,14H2,(H,15,17). The molecule has 0 aromatic heterocycles. The number of nitro groups is 1. The Morgan fingerprint density at radius 2 is 2.00 bits per heavy atom. The molecule has 1 aromatic carbocycles. The van der Waals surface area contributed by atoms with Crippen LogP contribution in [-0.4, -0.2) is 16.4 Å². The van der Waals surface area contributed by atoms with Crippen molar-refractivity contribution in [2.45, 2.75) is 24.8 Å². The van der Waals surface area contributed by atoms with Gasteiger partial charge in [0.2, 0.25) is 11.7 Å². The minimum absolute atomic E-state index is 0.359. The lowest BCUT2D eigenvalue weighted by Crippen LogP contribution is -2.56. The van der Waals surface area contributed by atoms with Crippen LogP contribution in [0.15, 0.2) is 12.1 Å². The fourth-order valence-corrected chi connectivity index (χ4v) is 1.80. The van der Waals surface area contributed by atoms with Crippen molar-refractivity contribution in [2.24, 2.45) is 5.73 Å². The fourth-order valence-electron chi connectivity index (χ4n) is 1.80. The van der Waals surface area contributed by atoms with E-state index in [0.29, 0.717) is 25.0 Å². The van der Waals surface area contributed by atoms with Crippen molar-refractivity contribution in [1.29, 1.82) is 0 Å². The maximum atomic E-state index is 13.4. The summed E-state index contributed by atoms with van der Waals surface area (Å²) >= 11 is 0. The number of hydrogen-bond acceptors (Lipinski definition) is 4. The van der Waals surface area contributed by atoms with Crippen LogP contribution in [0.4, 0.5) is 20.2 Å². The molecule has 1 aromatic rings. The summed E-state index contributed by atoms with van der Waals surface area (Å²) in [5.41, 5.74) is 3.30. The van der Waals surface area contributed by atoms with Gasteiger partial charge >= 0.3 is 5.69 Å². The molecule has 1 fully saturated rings. The number of hydrogen-bond donors (Lipinski definition) is 2. The predicted octanol–water partition coefficient (Wildman–Crippen LogP) is 1.69. The van der Waals surface area contributed by atoms with E-state index in [9.17, 15) is 23.7 Å². The summed E-state index contributed by atoms with van der Waals surface area (Å²) in [5.74, 6) is -3.01. The van der Waals surface area contributed by atoms with Gasteiger partial charge < -0.3 is 11.1 Å². The van der Waals surface area contributed by atoms with E-state index in [1.165, 1.54) is 0 Å². The second-order valence-corrected chi connectivity index (χ2v) is 4.50. The number of rotatable bonds is 3. The Morgan fingerprint density at radius 3 is 2.47 bits per heavy atom. The van der Waals surface area contributed by atoms with Crippen molar-refractivity contribution in [3.8, 4) is 0 Å². The van der Waals surface area contributed by atoms with Crippen molar-refractivity contribution < 1.29 is 18.5 Å². The molecule has 0 bridgehead atoms. The number of carbonyl (C=O) groups is 1. The zero-order chi connectivity index (χ0) is 14.2. The third-order valence-electron chi connectivity index (χ3n) is 3.18. The molecule has 102 valence electrons. The van der Waals surface area contributed by atoms with Gasteiger partial charge in [-0.15, -0.1) is 0 Å². The van der Waals surface area contributed by atoms with Crippen LogP contribution in [-0.2, 0) is 4.79 Å². The van der Waals surface area contributed by atoms with Crippen molar-refractivity contribution >= 4 is 17.3 Å². The van der Waals surface area contributed by atoms with Crippen LogP contribution < -0.4 is 11.1 Å². The normalized spacial score (nSPS) is 16.6. The third-order valence-corrected chi connectivity index (χ3v) is 3.18. The number of carbonyl (C=O) groups excluding carboxylic acids is 1. The van der Waals surface area contributed by atoms with E-state index >= 15 is 0 Å². The minimum Gasteiger partial charge on any atom is -0.322 e. The average Bonchev–Trinajstić information content (AvgIpc) is 2.28. The molecule has 8 heteroatoms. The molecule has 3 N–H and O–H groups in total. The number of nitro benzene ring substituents is 1. The Morgan fingerprint density at radius 1 is 1.37 bits per heavy atom. The van der Waals surface area contributed by atoms with Crippen molar-refractivity contribution in [3.05, 3.63) is 33.9 Å². The van der Waals surface area contributed by atoms with Crippen LogP contribution >= 0.6 is 0 Å². The van der Waals surface area contributed by atoms with Gasteiger partial charge in [0.25, 0.3) is 0 Å². The Labute approximate surface area is 106 Å². The zero-order valence-corrected chi connectivity index (χ0v) is 9.78. The van der Waals surface area contributed by atoms with Crippen LogP contribution in [0.5, 0.6) is 0 Å². The largest absolute Gasteiger partial charge is 0.322 e. The summed E-state index contributed by atoms with van der Waals surface area (Å²) in [6.45, 7) is 0. The van der Waals surface area contributed by atoms with Crippen LogP contribution in [0.2, 0.25) is 0 Å². The Bertz CT molecular complexity index is 558. The van der Waals surface area contributed by atoms with Crippen LogP contribution in [0.3, 0.4) is 0 Å². The quantitative estimate of drug-likeness (QED) is 0.645. The SMILES string of the molecule is NC1(C(=O)Nc2cc([N+](=O)[O-])c(F)cc2F)CCC1. The fraction of sp³-hybridized carbons (Fsp3) is 0.364. The lowest BCUT2D eigenvalue weighted by Gasteiger charge is -2.36. The molecule has 0 atom stereocenters. The first-order valence-corrected chi connectivity index (χ1v) is 5.57. The summed E-state index contributed by atoms with van der Waals surface area (Å²) in [6.07, 6.45) is 1.71. The minimum atomic E-state index is -1.30. The summed E-state index contributed by atoms with van der Waals surface area (Å²) < 4.78 is 26.6. The van der Waals surface area contributed by atoms with Gasteiger partial charge in [0.05, 0.1) is 16.1 Å². The summed E-state index contributed by atoms with van der Waals surface area (Å²) in [5, 5.41) is 12.7. The van der Waals surface area contributed by atoms with Crippen molar-refractivity contribution in [3.63, 3.8) is 0 Å². The lowest BCUT2D eigenvalue weighted by atomic mass is 9.77. The predicted molar refractivity (Wildman–Crippen MR) is 62.4 cm³/mol. The van der Waals surface area contributed by atoms with Crippen LogP contribution in [0.1, 0.15) is 19.3 Å². The molecule has 0 heterocycles. The van der Waals surface area contributed by atoms with Crippen LogP contribution in [0, 0.1) is 21.7 Å². The van der Waals surface area contributed by atoms with Crippen molar-refractivity contribution in [2.75, 3.05) is 5.32 Å². The van der Waals surface area contributed by atoms with Crippen molar-refractivity contribution in [1.82, 2.24) is 0 Å². The van der Waals surface area contributed by atoms with E-state index in [1.54, 1.807) is 0 Å². The number of benzene rings is 1. The Kier molecular flexibility index (Phi) is 3.19. The molecular weight excluding hydrogens is 260 g/mol. The molecule has 6 nitrogen and oxygen atoms in total. The Hall–Kier alpha value is -2.09. The molecule has 1 aliphatic carbocycles. The number of nitrogens with one attached hydrogen (secondary N) is 1. The molecule has 2 rings (SSSR count). The highest BCUT2D eigenvalue weighted by Crippen LogP contribution is 2.31. The maximum Gasteiger partial charge on any atom is 0.307 e. The van der Waals surface area contributed by atoms with E-state index in [0.717, 1.165) is 6.42 Å². The first kappa shape index (κ1) is 13.3. The topological polar surface area (TPSA) is 98.3 Å².